The molecule has 0 aliphatic carbocycles. The molecule has 0 aliphatic rings. The van der Waals surface area contributed by atoms with E-state index in [9.17, 15) is 4.79 Å². The van der Waals surface area contributed by atoms with Crippen molar-refractivity contribution in [3.8, 4) is 11.6 Å². The van der Waals surface area contributed by atoms with E-state index in [-0.39, 0.29) is 5.41 Å². The fourth-order valence-corrected chi connectivity index (χ4v) is 4.47. The summed E-state index contributed by atoms with van der Waals surface area (Å²) in [7, 11) is 1.64. The van der Waals surface area contributed by atoms with E-state index >= 15 is 0 Å². The van der Waals surface area contributed by atoms with Crippen LogP contribution in [0.1, 0.15) is 67.7 Å². The van der Waals surface area contributed by atoms with Crippen LogP contribution in [0, 0.1) is 11.3 Å². The van der Waals surface area contributed by atoms with Crippen molar-refractivity contribution >= 4 is 28.4 Å². The van der Waals surface area contributed by atoms with Gasteiger partial charge in [0.25, 0.3) is 0 Å². The van der Waals surface area contributed by atoms with Crippen molar-refractivity contribution in [2.75, 3.05) is 24.0 Å². The molecule has 0 saturated heterocycles. The first-order chi connectivity index (χ1) is 20.9. The van der Waals surface area contributed by atoms with E-state index in [2.05, 4.69) is 55.2 Å². The van der Waals surface area contributed by atoms with Crippen molar-refractivity contribution in [3.63, 3.8) is 0 Å². The van der Waals surface area contributed by atoms with Crippen LogP contribution in [0.25, 0.3) is 10.8 Å². The van der Waals surface area contributed by atoms with Gasteiger partial charge in [-0.3, -0.25) is 0 Å². The van der Waals surface area contributed by atoms with E-state index in [4.69, 9.17) is 15.3 Å². The van der Waals surface area contributed by atoms with Crippen molar-refractivity contribution in [2.24, 2.45) is 17.2 Å². The molecule has 3 rings (SSSR count). The van der Waals surface area contributed by atoms with Gasteiger partial charge in [0.2, 0.25) is 11.8 Å². The molecule has 1 unspecified atom stereocenters. The van der Waals surface area contributed by atoms with Crippen molar-refractivity contribution in [1.82, 2.24) is 15.3 Å². The normalized spacial score (nSPS) is 13.4. The van der Waals surface area contributed by atoms with Gasteiger partial charge in [-0.25, -0.2) is 20.6 Å². The Bertz CT molecular complexity index is 1510. The molecule has 0 radical (unpaired) electrons. The summed E-state index contributed by atoms with van der Waals surface area (Å²) in [5.74, 6) is 9.23. The Hall–Kier alpha value is -4.37. The highest BCUT2D eigenvalue weighted by atomic mass is 16.5. The average Bonchev–Trinajstić information content (AvgIpc) is 3.00. The number of methoxy groups -OCH3 is 1. The molecule has 1 atom stereocenters. The topological polar surface area (TPSA) is 115 Å². The highest BCUT2D eigenvalue weighted by Crippen LogP contribution is 2.35. The number of nitrogens with two attached hydrogens (primary N) is 1. The molecule has 4 N–H and O–H groups in total. The lowest BCUT2D eigenvalue weighted by atomic mass is 9.85. The molecule has 236 valence electrons. The average molecular weight is 601 g/mol. The molecule has 44 heavy (non-hydrogen) atoms. The van der Waals surface area contributed by atoms with Crippen LogP contribution in [0.2, 0.25) is 0 Å². The Morgan fingerprint density at radius 2 is 1.82 bits per heavy atom. The molecule has 0 spiro atoms. The van der Waals surface area contributed by atoms with E-state index in [1.54, 1.807) is 31.5 Å². The third-order valence-corrected chi connectivity index (χ3v) is 7.20. The maximum absolute atomic E-state index is 13.3. The number of amides is 2. The summed E-state index contributed by atoms with van der Waals surface area (Å²) in [5.41, 5.74) is 2.07. The largest absolute Gasteiger partial charge is 0.501 e. The number of hydrazine groups is 1. The number of nitrogens with one attached hydrogen (secondary N) is 2. The van der Waals surface area contributed by atoms with Crippen LogP contribution in [-0.2, 0) is 4.74 Å². The number of fused-ring (bicyclic) bond motifs is 1. The van der Waals surface area contributed by atoms with Crippen LogP contribution in [-0.4, -0.2) is 29.7 Å². The van der Waals surface area contributed by atoms with Gasteiger partial charge >= 0.3 is 6.03 Å². The number of hydrogen-bond acceptors (Lipinski definition) is 7. The third-order valence-electron chi connectivity index (χ3n) is 7.20. The van der Waals surface area contributed by atoms with E-state index in [1.807, 2.05) is 56.3 Å². The maximum atomic E-state index is 13.3. The SMILES string of the molecule is CCCCC(C)CNc1nccc(Oc2ccc(N(N)C(=O)N/C(C)=C/C(=C\C=C(/C)OC)C(C)(C)C)c3ccccc23)n1. The number of aromatic nitrogens is 2. The molecule has 0 aliphatic heterocycles. The maximum Gasteiger partial charge on any atom is 0.340 e. The minimum atomic E-state index is -0.464. The van der Waals surface area contributed by atoms with E-state index < -0.39 is 6.03 Å². The first-order valence-electron chi connectivity index (χ1n) is 15.2. The number of nitrogens with zero attached hydrogens (tertiary/aromatic N) is 3. The van der Waals surface area contributed by atoms with Crippen LogP contribution in [0.3, 0.4) is 0 Å². The molecule has 9 heteroatoms. The summed E-state index contributed by atoms with van der Waals surface area (Å²) in [4.78, 5) is 22.2. The number of hydrogen-bond donors (Lipinski definition) is 3. The second kappa shape index (κ2) is 15.9. The van der Waals surface area contributed by atoms with Gasteiger partial charge in [0.15, 0.2) is 0 Å². The summed E-state index contributed by atoms with van der Waals surface area (Å²) in [5, 5.41) is 8.90. The predicted molar refractivity (Wildman–Crippen MR) is 180 cm³/mol. The number of rotatable bonds is 13. The number of benzene rings is 2. The lowest BCUT2D eigenvalue weighted by Crippen LogP contribution is -2.44. The van der Waals surface area contributed by atoms with Crippen LogP contribution in [0.4, 0.5) is 16.4 Å². The van der Waals surface area contributed by atoms with Crippen molar-refractivity contribution in [1.29, 1.82) is 0 Å². The molecule has 1 aromatic heterocycles. The standard InChI is InChI=1S/C35H48N6O3/c1-9-10-13-24(2)23-38-33-37-21-20-32(40-33)44-31-19-18-30(28-14-11-12-15-29(28)31)41(36)34(42)39-25(3)22-27(35(5,6)7)17-16-26(4)43-8/h11-12,14-22,24H,9-10,13,23,36H2,1-8H3,(H,39,42)(H,37,38,40)/b25-22+,26-16+,27-17+. The van der Waals surface area contributed by atoms with Gasteiger partial charge < -0.3 is 20.1 Å². The molecule has 2 amide bonds. The predicted octanol–water partition coefficient (Wildman–Crippen LogP) is 8.48. The number of carbonyl (C=O) groups is 1. The molecular weight excluding hydrogens is 552 g/mol. The van der Waals surface area contributed by atoms with Gasteiger partial charge in [-0.1, -0.05) is 77.8 Å². The number of anilines is 2. The zero-order chi connectivity index (χ0) is 32.3. The molecule has 0 fully saturated rings. The number of allylic oxidation sites excluding steroid dienone is 6. The zero-order valence-corrected chi connectivity index (χ0v) is 27.4. The van der Waals surface area contributed by atoms with Crippen LogP contribution in [0.5, 0.6) is 11.6 Å². The van der Waals surface area contributed by atoms with E-state index in [0.717, 1.165) is 40.1 Å². The molecule has 1 heterocycles. The van der Waals surface area contributed by atoms with Crippen LogP contribution < -0.4 is 26.2 Å². The number of ether oxygens (including phenoxy) is 2. The Morgan fingerprint density at radius 1 is 1.09 bits per heavy atom. The van der Waals surface area contributed by atoms with Crippen molar-refractivity contribution < 1.29 is 14.3 Å². The molecule has 0 saturated carbocycles. The summed E-state index contributed by atoms with van der Waals surface area (Å²) in [6, 6.07) is 12.5. The Labute approximate surface area is 262 Å². The lowest BCUT2D eigenvalue weighted by Gasteiger charge is -2.23. The minimum absolute atomic E-state index is 0.154. The Balaban J connectivity index is 1.80. The van der Waals surface area contributed by atoms with Gasteiger partial charge in [0.1, 0.15) is 5.75 Å². The Kier molecular flexibility index (Phi) is 12.3. The van der Waals surface area contributed by atoms with E-state index in [0.29, 0.717) is 34.9 Å². The highest BCUT2D eigenvalue weighted by Gasteiger charge is 2.19. The van der Waals surface area contributed by atoms with Gasteiger partial charge in [0, 0.05) is 35.3 Å². The van der Waals surface area contributed by atoms with Gasteiger partial charge in [0.05, 0.1) is 18.6 Å². The fraction of sp³-hybridized carbons (Fsp3) is 0.400. The smallest absolute Gasteiger partial charge is 0.340 e. The quantitative estimate of drug-likeness (QED) is 0.0592. The lowest BCUT2D eigenvalue weighted by molar-refractivity contribution is 0.248. The fourth-order valence-electron chi connectivity index (χ4n) is 4.47. The molecule has 2 aromatic carbocycles. The van der Waals surface area contributed by atoms with Crippen LogP contribution in [0.15, 0.2) is 83.9 Å². The molecular formula is C35H48N6O3. The summed E-state index contributed by atoms with van der Waals surface area (Å²) < 4.78 is 11.5. The van der Waals surface area contributed by atoms with Crippen molar-refractivity contribution in [2.45, 2.75) is 67.7 Å². The summed E-state index contributed by atoms with van der Waals surface area (Å²) >= 11 is 0. The number of urea groups is 1. The first kappa shape index (κ1) is 34.1. The molecule has 0 bridgehead atoms. The van der Waals surface area contributed by atoms with Crippen LogP contribution >= 0.6 is 0 Å². The van der Waals surface area contributed by atoms with Crippen molar-refractivity contribution in [3.05, 3.63) is 83.9 Å². The van der Waals surface area contributed by atoms with E-state index in [1.165, 1.54) is 12.8 Å². The second-order valence-corrected chi connectivity index (χ2v) is 12.1. The van der Waals surface area contributed by atoms with Gasteiger partial charge in [-0.15, -0.1) is 0 Å². The first-order valence-corrected chi connectivity index (χ1v) is 15.2. The highest BCUT2D eigenvalue weighted by molar-refractivity contribution is 6.04. The summed E-state index contributed by atoms with van der Waals surface area (Å²) in [6.45, 7) is 15.3. The Morgan fingerprint density at radius 3 is 2.50 bits per heavy atom. The third kappa shape index (κ3) is 9.84. The monoisotopic (exact) mass is 600 g/mol. The number of carbonyl (C=O) groups excluding carboxylic acids is 1. The zero-order valence-electron chi connectivity index (χ0n) is 27.4. The number of unbranched alkanes of at least 4 members (excludes halogenated alkanes) is 1. The molecule has 3 aromatic rings. The summed E-state index contributed by atoms with van der Waals surface area (Å²) in [6.07, 6.45) is 11.1. The molecule has 9 nitrogen and oxygen atoms in total. The van der Waals surface area contributed by atoms with Gasteiger partial charge in [-0.2, -0.15) is 4.98 Å². The second-order valence-electron chi connectivity index (χ2n) is 12.1. The minimum Gasteiger partial charge on any atom is -0.501 e. The van der Waals surface area contributed by atoms with Gasteiger partial charge in [-0.05, 0) is 61.5 Å².